The molecule has 3 heteroatoms. The van der Waals surface area contributed by atoms with Crippen molar-refractivity contribution >= 4 is 19.0 Å². The second kappa shape index (κ2) is 12.1. The van der Waals surface area contributed by atoms with Crippen LogP contribution in [0.5, 0.6) is 0 Å². The Morgan fingerprint density at radius 1 is 1.00 bits per heavy atom. The molecule has 0 radical (unpaired) electrons. The molecular weight excluding hydrogens is 321 g/mol. The Labute approximate surface area is 81.0 Å². The summed E-state index contributed by atoms with van der Waals surface area (Å²) >= 11 is 4.88. The Hall–Kier alpha value is 1.43. The third-order valence-electron chi connectivity index (χ3n) is 1.34. The number of rotatable bonds is 3. The van der Waals surface area contributed by atoms with E-state index >= 15 is 0 Å². The molecule has 0 fully saturated rings. The van der Waals surface area contributed by atoms with Crippen molar-refractivity contribution in [3.8, 4) is 0 Å². The summed E-state index contributed by atoms with van der Waals surface area (Å²) in [5.41, 5.74) is 0. The van der Waals surface area contributed by atoms with Crippen molar-refractivity contribution in [2.45, 2.75) is 20.8 Å². The van der Waals surface area contributed by atoms with Crippen molar-refractivity contribution in [2.24, 2.45) is 0 Å². The van der Waals surface area contributed by atoms with Crippen LogP contribution >= 0.6 is 19.0 Å². The first-order chi connectivity index (χ1) is 4.35. The van der Waals surface area contributed by atoms with E-state index in [1.807, 2.05) is 19.0 Å². The molecule has 0 saturated heterocycles. The number of halogens is 1. The molecule has 0 aliphatic carbocycles. The third kappa shape index (κ3) is 9.43. The molecule has 0 unspecified atom stereocenters. The molecule has 1 nitrogen and oxygen atoms in total. The minimum absolute atomic E-state index is 1.19. The summed E-state index contributed by atoms with van der Waals surface area (Å²) in [5.74, 6) is 0. The second-order valence-electron chi connectivity index (χ2n) is 1.62. The maximum absolute atomic E-state index is 2.92. The molecule has 0 bridgehead atoms. The van der Waals surface area contributed by atoms with Gasteiger partial charge in [-0.1, -0.05) is 20.8 Å². The van der Waals surface area contributed by atoms with Crippen LogP contribution in [0.3, 0.4) is 0 Å². The van der Waals surface area contributed by atoms with Crippen molar-refractivity contribution < 1.29 is 17.3 Å². The van der Waals surface area contributed by atoms with Gasteiger partial charge in [-0.05, 0) is 19.6 Å². The van der Waals surface area contributed by atoms with Crippen molar-refractivity contribution in [2.75, 3.05) is 19.6 Å². The van der Waals surface area contributed by atoms with E-state index in [0.717, 1.165) is 0 Å². The molecule has 0 heterocycles. The van der Waals surface area contributed by atoms with Gasteiger partial charge in [0.05, 0.1) is 0 Å². The summed E-state index contributed by atoms with van der Waals surface area (Å²) in [5, 5.41) is 0. The average molecular weight is 336 g/mol. The maximum atomic E-state index is 2.92. The van der Waals surface area contributed by atoms with E-state index < -0.39 is 0 Å². The van der Waals surface area contributed by atoms with Gasteiger partial charge in [0.1, 0.15) is 0 Å². The zero-order chi connectivity index (χ0) is 7.70. The molecule has 0 spiro atoms. The average Bonchev–Trinajstić information content (AvgIpc) is 1.96. The fourth-order valence-corrected chi connectivity index (χ4v) is 0.671. The molecule has 0 aliphatic heterocycles. The van der Waals surface area contributed by atoms with E-state index in [9.17, 15) is 0 Å². The first-order valence-corrected chi connectivity index (χ1v) is 7.59. The van der Waals surface area contributed by atoms with Crippen LogP contribution in [0.1, 0.15) is 20.8 Å². The first kappa shape index (κ1) is 13.1. The van der Waals surface area contributed by atoms with Gasteiger partial charge < -0.3 is 4.90 Å². The molecule has 62 valence electrons. The third-order valence-corrected chi connectivity index (χ3v) is 1.34. The quantitative estimate of drug-likeness (QED) is 0.565. The van der Waals surface area contributed by atoms with Crippen LogP contribution < -0.4 is 0 Å². The van der Waals surface area contributed by atoms with E-state index in [2.05, 4.69) is 42.9 Å². The Morgan fingerprint density at radius 3 is 1.22 bits per heavy atom. The van der Waals surface area contributed by atoms with Crippen LogP contribution in [-0.4, -0.2) is 24.5 Å². The molecule has 0 saturated carbocycles. The standard InChI is InChI=1S/C6H15N.Ag.HI/c1-4-7(5-2)6-3;;/h4-6H2,1-3H3;;1H/q;+1;/p-1. The zero-order valence-corrected chi connectivity index (χ0v) is 9.89. The van der Waals surface area contributed by atoms with Gasteiger partial charge >= 0.3 is 36.3 Å². The fourth-order valence-electron chi connectivity index (χ4n) is 0.671. The number of nitrogens with zero attached hydrogens (tertiary/aromatic N) is 1. The normalized spacial score (nSPS) is 8.78. The molecule has 0 amide bonds. The van der Waals surface area contributed by atoms with E-state index in [1.165, 1.54) is 19.6 Å². The molecule has 0 aliphatic rings. The van der Waals surface area contributed by atoms with Crippen LogP contribution in [-0.2, 0) is 17.3 Å². The van der Waals surface area contributed by atoms with E-state index in [1.54, 1.807) is 0 Å². The van der Waals surface area contributed by atoms with Gasteiger partial charge in [-0.3, -0.25) is 0 Å². The Bertz CT molecular complexity index is 34.5. The summed E-state index contributed by atoms with van der Waals surface area (Å²) in [7, 11) is 0. The van der Waals surface area contributed by atoms with E-state index in [0.29, 0.717) is 0 Å². The first-order valence-electron chi connectivity index (χ1n) is 3.18. The Kier molecular flexibility index (Phi) is 17.6. The molecule has 0 aromatic rings. The van der Waals surface area contributed by atoms with Gasteiger partial charge in [-0.25, -0.2) is 0 Å². The number of hydrogen-bond acceptors (Lipinski definition) is 1. The van der Waals surface area contributed by atoms with Crippen molar-refractivity contribution in [3.05, 3.63) is 0 Å². The molecule has 0 N–H and O–H groups in total. The Morgan fingerprint density at radius 2 is 1.22 bits per heavy atom. The van der Waals surface area contributed by atoms with Gasteiger partial charge in [0.25, 0.3) is 0 Å². The summed E-state index contributed by atoms with van der Waals surface area (Å²) in [6.45, 7) is 10.1. The van der Waals surface area contributed by atoms with Crippen LogP contribution in [0.4, 0.5) is 0 Å². The number of hydrogen-bond donors (Lipinski definition) is 0. The molecular formula is C6H15AgIN. The topological polar surface area (TPSA) is 3.24 Å². The molecule has 0 atom stereocenters. The van der Waals surface area contributed by atoms with Gasteiger partial charge in [-0.2, -0.15) is 0 Å². The fraction of sp³-hybridized carbons (Fsp3) is 1.00. The summed E-state index contributed by atoms with van der Waals surface area (Å²) in [6, 6.07) is 0. The second-order valence-corrected chi connectivity index (χ2v) is 1.62. The van der Waals surface area contributed by atoms with E-state index in [-0.39, 0.29) is 0 Å². The van der Waals surface area contributed by atoms with Crippen molar-refractivity contribution in [3.63, 3.8) is 0 Å². The van der Waals surface area contributed by atoms with Crippen LogP contribution in [0.2, 0.25) is 0 Å². The van der Waals surface area contributed by atoms with Crippen molar-refractivity contribution in [1.82, 2.24) is 4.90 Å². The molecule has 0 rings (SSSR count). The summed E-state index contributed by atoms with van der Waals surface area (Å²) < 4.78 is 0. The predicted octanol–water partition coefficient (Wildman–Crippen LogP) is 2.23. The monoisotopic (exact) mass is 335 g/mol. The SMILES string of the molecule is CCN(CC)CC.[Ag][I]. The van der Waals surface area contributed by atoms with Crippen LogP contribution in [0, 0.1) is 0 Å². The van der Waals surface area contributed by atoms with Gasteiger partial charge in [0.2, 0.25) is 0 Å². The minimum atomic E-state index is 1.19. The molecule has 9 heavy (non-hydrogen) atoms. The zero-order valence-electron chi connectivity index (χ0n) is 6.25. The Balaban J connectivity index is 0. The molecule has 0 aromatic heterocycles. The molecule has 0 aromatic carbocycles. The summed E-state index contributed by atoms with van der Waals surface area (Å²) in [4.78, 5) is 2.38. The van der Waals surface area contributed by atoms with Crippen molar-refractivity contribution in [1.29, 1.82) is 0 Å². The predicted molar refractivity (Wildman–Crippen MR) is 47.5 cm³/mol. The van der Waals surface area contributed by atoms with Gasteiger partial charge in [0, 0.05) is 0 Å². The van der Waals surface area contributed by atoms with Gasteiger partial charge in [0.15, 0.2) is 0 Å². The summed E-state index contributed by atoms with van der Waals surface area (Å²) in [6.07, 6.45) is 0. The van der Waals surface area contributed by atoms with Crippen LogP contribution in [0.25, 0.3) is 0 Å². The van der Waals surface area contributed by atoms with Crippen LogP contribution in [0.15, 0.2) is 0 Å². The van der Waals surface area contributed by atoms with E-state index in [4.69, 9.17) is 0 Å². The van der Waals surface area contributed by atoms with Gasteiger partial charge in [-0.15, -0.1) is 0 Å².